The lowest BCUT2D eigenvalue weighted by Crippen LogP contribution is -2.47. The SMILES string of the molecule is C#CC(N)(CCSC)C(=O)OC. The van der Waals surface area contributed by atoms with Gasteiger partial charge in [0.1, 0.15) is 0 Å². The van der Waals surface area contributed by atoms with Crippen molar-refractivity contribution in [2.75, 3.05) is 19.1 Å². The predicted molar refractivity (Wildman–Crippen MR) is 50.8 cm³/mol. The fourth-order valence-corrected chi connectivity index (χ4v) is 1.20. The number of methoxy groups -OCH3 is 1. The zero-order chi connectivity index (χ0) is 9.61. The Bertz CT molecular complexity index is 200. The largest absolute Gasteiger partial charge is 0.467 e. The quantitative estimate of drug-likeness (QED) is 0.506. The Kier molecular flexibility index (Phi) is 4.79. The first kappa shape index (κ1) is 11.3. The molecule has 0 aromatic carbocycles. The van der Waals surface area contributed by atoms with Crippen LogP contribution in [0, 0.1) is 12.3 Å². The lowest BCUT2D eigenvalue weighted by atomic mass is 9.99. The highest BCUT2D eigenvalue weighted by Crippen LogP contribution is 2.11. The van der Waals surface area contributed by atoms with Gasteiger partial charge in [-0.3, -0.25) is 0 Å². The van der Waals surface area contributed by atoms with Crippen LogP contribution in [-0.2, 0) is 9.53 Å². The maximum absolute atomic E-state index is 11.1. The van der Waals surface area contributed by atoms with Crippen molar-refractivity contribution in [3.05, 3.63) is 0 Å². The van der Waals surface area contributed by atoms with Gasteiger partial charge in [0, 0.05) is 0 Å². The Morgan fingerprint density at radius 3 is 2.75 bits per heavy atom. The summed E-state index contributed by atoms with van der Waals surface area (Å²) < 4.78 is 4.49. The maximum Gasteiger partial charge on any atom is 0.338 e. The second-order valence-corrected chi connectivity index (χ2v) is 3.34. The zero-order valence-corrected chi connectivity index (χ0v) is 8.11. The number of carbonyl (C=O) groups excluding carboxylic acids is 1. The van der Waals surface area contributed by atoms with Crippen LogP contribution in [0.3, 0.4) is 0 Å². The second kappa shape index (κ2) is 5.07. The summed E-state index contributed by atoms with van der Waals surface area (Å²) in [6, 6.07) is 0. The Balaban J connectivity index is 4.26. The van der Waals surface area contributed by atoms with Crippen LogP contribution < -0.4 is 5.73 Å². The number of thioether (sulfide) groups is 1. The molecule has 1 atom stereocenters. The van der Waals surface area contributed by atoms with Crippen molar-refractivity contribution in [3.63, 3.8) is 0 Å². The van der Waals surface area contributed by atoms with Gasteiger partial charge in [0.2, 0.25) is 0 Å². The standard InChI is InChI=1S/C8H13NO2S/c1-4-8(9,5-6-12-3)7(10)11-2/h1H,5-6,9H2,2-3H3. The summed E-state index contributed by atoms with van der Waals surface area (Å²) in [5.41, 5.74) is 4.36. The van der Waals surface area contributed by atoms with Crippen LogP contribution in [0.1, 0.15) is 6.42 Å². The van der Waals surface area contributed by atoms with Gasteiger partial charge in [0.05, 0.1) is 7.11 Å². The van der Waals surface area contributed by atoms with Crippen LogP contribution >= 0.6 is 11.8 Å². The monoisotopic (exact) mass is 187 g/mol. The summed E-state index contributed by atoms with van der Waals surface area (Å²) in [4.78, 5) is 11.1. The van der Waals surface area contributed by atoms with Crippen molar-refractivity contribution in [3.8, 4) is 12.3 Å². The molecule has 0 heterocycles. The van der Waals surface area contributed by atoms with E-state index in [0.29, 0.717) is 6.42 Å². The number of hydrogen-bond acceptors (Lipinski definition) is 4. The summed E-state index contributed by atoms with van der Waals surface area (Å²) in [5.74, 6) is 2.46. The molecule has 0 aromatic rings. The summed E-state index contributed by atoms with van der Waals surface area (Å²) in [6.45, 7) is 0. The number of esters is 1. The number of rotatable bonds is 4. The molecule has 3 nitrogen and oxygen atoms in total. The van der Waals surface area contributed by atoms with Gasteiger partial charge in [-0.1, -0.05) is 5.92 Å². The van der Waals surface area contributed by atoms with Gasteiger partial charge in [-0.05, 0) is 18.4 Å². The van der Waals surface area contributed by atoms with Crippen LogP contribution in [0.4, 0.5) is 0 Å². The highest BCUT2D eigenvalue weighted by molar-refractivity contribution is 7.98. The van der Waals surface area contributed by atoms with Crippen LogP contribution in [0.25, 0.3) is 0 Å². The highest BCUT2D eigenvalue weighted by atomic mass is 32.2. The third kappa shape index (κ3) is 2.76. The number of terminal acetylenes is 1. The second-order valence-electron chi connectivity index (χ2n) is 2.35. The third-order valence-electron chi connectivity index (χ3n) is 1.51. The summed E-state index contributed by atoms with van der Waals surface area (Å²) >= 11 is 1.59. The number of ether oxygens (including phenoxy) is 1. The van der Waals surface area contributed by atoms with E-state index in [9.17, 15) is 4.79 Å². The lowest BCUT2D eigenvalue weighted by molar-refractivity contribution is -0.144. The first-order valence-electron chi connectivity index (χ1n) is 3.44. The van der Waals surface area contributed by atoms with E-state index < -0.39 is 11.5 Å². The van der Waals surface area contributed by atoms with Gasteiger partial charge in [0.15, 0.2) is 5.54 Å². The van der Waals surface area contributed by atoms with Crippen molar-refractivity contribution in [2.24, 2.45) is 5.73 Å². The molecule has 4 heteroatoms. The number of nitrogens with two attached hydrogens (primary N) is 1. The van der Waals surface area contributed by atoms with Gasteiger partial charge in [0.25, 0.3) is 0 Å². The molecule has 0 amide bonds. The van der Waals surface area contributed by atoms with E-state index in [1.807, 2.05) is 6.26 Å². The van der Waals surface area contributed by atoms with Gasteiger partial charge in [-0.15, -0.1) is 6.42 Å². The normalized spacial score (nSPS) is 14.5. The Labute approximate surface area is 77.0 Å². The molecule has 0 fully saturated rings. The fraction of sp³-hybridized carbons (Fsp3) is 0.625. The molecule has 1 unspecified atom stereocenters. The molecule has 0 aromatic heterocycles. The smallest absolute Gasteiger partial charge is 0.338 e. The topological polar surface area (TPSA) is 52.3 Å². The lowest BCUT2D eigenvalue weighted by Gasteiger charge is -2.19. The molecule has 0 aliphatic heterocycles. The van der Waals surface area contributed by atoms with E-state index in [2.05, 4.69) is 10.7 Å². The fourth-order valence-electron chi connectivity index (χ4n) is 0.678. The van der Waals surface area contributed by atoms with E-state index in [1.54, 1.807) is 11.8 Å². The molecule has 0 radical (unpaired) electrons. The van der Waals surface area contributed by atoms with Crippen LogP contribution in [0.2, 0.25) is 0 Å². The molecule has 0 bridgehead atoms. The summed E-state index contributed by atoms with van der Waals surface area (Å²) in [5, 5.41) is 0. The molecule has 0 aliphatic rings. The van der Waals surface area contributed by atoms with E-state index in [0.717, 1.165) is 5.75 Å². The van der Waals surface area contributed by atoms with Gasteiger partial charge in [-0.25, -0.2) is 4.79 Å². The van der Waals surface area contributed by atoms with Crippen molar-refractivity contribution in [1.82, 2.24) is 0 Å². The Morgan fingerprint density at radius 1 is 1.83 bits per heavy atom. The average Bonchev–Trinajstić information content (AvgIpc) is 2.12. The maximum atomic E-state index is 11.1. The van der Waals surface area contributed by atoms with E-state index >= 15 is 0 Å². The predicted octanol–water partition coefficient (Wildman–Crippen LogP) is 0.243. The molecule has 2 N–H and O–H groups in total. The van der Waals surface area contributed by atoms with E-state index in [-0.39, 0.29) is 0 Å². The molecule has 0 aliphatic carbocycles. The van der Waals surface area contributed by atoms with E-state index in [1.165, 1.54) is 7.11 Å². The third-order valence-corrected chi connectivity index (χ3v) is 2.12. The van der Waals surface area contributed by atoms with Crippen LogP contribution in [-0.4, -0.2) is 30.6 Å². The molecular weight excluding hydrogens is 174 g/mol. The van der Waals surface area contributed by atoms with E-state index in [4.69, 9.17) is 12.2 Å². The van der Waals surface area contributed by atoms with Crippen molar-refractivity contribution < 1.29 is 9.53 Å². The Morgan fingerprint density at radius 2 is 2.42 bits per heavy atom. The number of hydrogen-bond donors (Lipinski definition) is 1. The van der Waals surface area contributed by atoms with Crippen LogP contribution in [0.5, 0.6) is 0 Å². The van der Waals surface area contributed by atoms with Crippen molar-refractivity contribution >= 4 is 17.7 Å². The molecular formula is C8H13NO2S. The summed E-state index contributed by atoms with van der Waals surface area (Å²) in [6.07, 6.45) is 7.51. The van der Waals surface area contributed by atoms with Gasteiger partial charge < -0.3 is 10.5 Å². The Hall–Kier alpha value is -0.660. The zero-order valence-electron chi connectivity index (χ0n) is 7.29. The highest BCUT2D eigenvalue weighted by Gasteiger charge is 2.32. The van der Waals surface area contributed by atoms with Crippen molar-refractivity contribution in [1.29, 1.82) is 0 Å². The molecule has 0 rings (SSSR count). The first-order chi connectivity index (χ1) is 5.60. The summed E-state index contributed by atoms with van der Waals surface area (Å²) in [7, 11) is 1.28. The molecule has 68 valence electrons. The minimum Gasteiger partial charge on any atom is -0.467 e. The van der Waals surface area contributed by atoms with Crippen molar-refractivity contribution in [2.45, 2.75) is 12.0 Å². The minimum atomic E-state index is -1.25. The molecule has 0 spiro atoms. The van der Waals surface area contributed by atoms with Crippen LogP contribution in [0.15, 0.2) is 0 Å². The molecule has 0 saturated carbocycles. The average molecular weight is 187 g/mol. The van der Waals surface area contributed by atoms with Gasteiger partial charge in [-0.2, -0.15) is 11.8 Å². The van der Waals surface area contributed by atoms with Gasteiger partial charge >= 0.3 is 5.97 Å². The first-order valence-corrected chi connectivity index (χ1v) is 4.84. The number of carbonyl (C=O) groups is 1. The molecule has 12 heavy (non-hydrogen) atoms. The molecule has 0 saturated heterocycles. The minimum absolute atomic E-state index is 0.442.